The van der Waals surface area contributed by atoms with Crippen LogP contribution in [0.1, 0.15) is 11.8 Å². The van der Waals surface area contributed by atoms with Gasteiger partial charge in [0.25, 0.3) is 0 Å². The summed E-state index contributed by atoms with van der Waals surface area (Å²) in [6.07, 6.45) is -0.238. The smallest absolute Gasteiger partial charge is 0.196 e. The van der Waals surface area contributed by atoms with Crippen molar-refractivity contribution in [1.82, 2.24) is 0 Å². The molecule has 1 N–H and O–H groups in total. The summed E-state index contributed by atoms with van der Waals surface area (Å²) in [4.78, 5) is 2.32. The third-order valence-corrected chi connectivity index (χ3v) is 10.3. The Bertz CT molecular complexity index is 2720. The molecule has 246 valence electrons. The van der Waals surface area contributed by atoms with Gasteiger partial charge >= 0.3 is 0 Å². The van der Waals surface area contributed by atoms with Gasteiger partial charge in [-0.25, -0.2) is 0 Å². The van der Waals surface area contributed by atoms with E-state index in [2.05, 4.69) is 198 Å². The molecule has 0 bridgehead atoms. The minimum Gasteiger partial charge on any atom is -0.464 e. The molecular formula is C49H34N2O. The number of fused-ring (bicyclic) bond motifs is 7. The predicted octanol–water partition coefficient (Wildman–Crippen LogP) is 13.5. The molecule has 0 radical (unpaired) electrons. The van der Waals surface area contributed by atoms with E-state index in [1.165, 1.54) is 32.7 Å². The van der Waals surface area contributed by atoms with E-state index in [1.54, 1.807) is 0 Å². The van der Waals surface area contributed by atoms with E-state index >= 15 is 0 Å². The summed E-state index contributed by atoms with van der Waals surface area (Å²) in [5, 5.41) is 10.9. The van der Waals surface area contributed by atoms with Crippen molar-refractivity contribution in [3.63, 3.8) is 0 Å². The summed E-state index contributed by atoms with van der Waals surface area (Å²) in [5.41, 5.74) is 10.2. The minimum absolute atomic E-state index is 0.238. The average Bonchev–Trinajstić information content (AvgIpc) is 3.68. The van der Waals surface area contributed by atoms with Crippen LogP contribution in [0.2, 0.25) is 0 Å². The van der Waals surface area contributed by atoms with Gasteiger partial charge in [-0.3, -0.25) is 0 Å². The Hall–Kier alpha value is -6.84. The maximum Gasteiger partial charge on any atom is 0.196 e. The summed E-state index contributed by atoms with van der Waals surface area (Å²) in [6, 6.07) is 69.2. The fourth-order valence-electron chi connectivity index (χ4n) is 7.76. The fourth-order valence-corrected chi connectivity index (χ4v) is 7.76. The monoisotopic (exact) mass is 666 g/mol. The Kier molecular flexibility index (Phi) is 7.21. The van der Waals surface area contributed by atoms with Crippen LogP contribution in [0.4, 0.5) is 22.7 Å². The molecule has 9 aromatic carbocycles. The van der Waals surface area contributed by atoms with Crippen LogP contribution in [0.15, 0.2) is 194 Å². The number of anilines is 4. The molecule has 0 aromatic heterocycles. The topological polar surface area (TPSA) is 24.5 Å². The van der Waals surface area contributed by atoms with Crippen LogP contribution in [0.3, 0.4) is 0 Å². The maximum atomic E-state index is 6.62. The van der Waals surface area contributed by atoms with Crippen molar-refractivity contribution in [2.45, 2.75) is 6.23 Å². The Morgan fingerprint density at radius 3 is 1.71 bits per heavy atom. The number of hydrogen-bond donors (Lipinski definition) is 1. The number of ether oxygens (including phenoxy) is 1. The molecule has 3 nitrogen and oxygen atoms in total. The van der Waals surface area contributed by atoms with Crippen LogP contribution in [-0.2, 0) is 0 Å². The zero-order valence-corrected chi connectivity index (χ0v) is 28.4. The van der Waals surface area contributed by atoms with E-state index in [9.17, 15) is 0 Å². The van der Waals surface area contributed by atoms with Crippen molar-refractivity contribution in [2.24, 2.45) is 0 Å². The molecule has 10 rings (SSSR count). The molecule has 1 atom stereocenters. The molecule has 0 saturated carbocycles. The predicted molar refractivity (Wildman–Crippen MR) is 218 cm³/mol. The molecule has 1 unspecified atom stereocenters. The Balaban J connectivity index is 1.02. The zero-order chi connectivity index (χ0) is 34.4. The van der Waals surface area contributed by atoms with E-state index in [4.69, 9.17) is 4.74 Å². The molecule has 52 heavy (non-hydrogen) atoms. The Morgan fingerprint density at radius 2 is 0.962 bits per heavy atom. The summed E-state index contributed by atoms with van der Waals surface area (Å²) in [5.74, 6) is 0.912. The molecule has 3 heteroatoms. The van der Waals surface area contributed by atoms with Gasteiger partial charge in [0.2, 0.25) is 0 Å². The third kappa shape index (κ3) is 5.14. The van der Waals surface area contributed by atoms with Crippen LogP contribution >= 0.6 is 0 Å². The third-order valence-electron chi connectivity index (χ3n) is 10.3. The second-order valence-corrected chi connectivity index (χ2v) is 13.4. The van der Waals surface area contributed by atoms with Crippen molar-refractivity contribution in [2.75, 3.05) is 10.2 Å². The van der Waals surface area contributed by atoms with Crippen LogP contribution in [0.5, 0.6) is 5.75 Å². The van der Waals surface area contributed by atoms with Gasteiger partial charge in [-0.1, -0.05) is 152 Å². The Labute approximate surface area is 303 Å². The normalized spacial score (nSPS) is 13.5. The van der Waals surface area contributed by atoms with E-state index in [-0.39, 0.29) is 6.23 Å². The van der Waals surface area contributed by atoms with Gasteiger partial charge in [0.1, 0.15) is 0 Å². The first-order valence-electron chi connectivity index (χ1n) is 17.8. The summed E-state index contributed by atoms with van der Waals surface area (Å²) in [6.45, 7) is 0. The van der Waals surface area contributed by atoms with E-state index in [1.807, 2.05) is 6.07 Å². The van der Waals surface area contributed by atoms with Crippen molar-refractivity contribution in [3.8, 4) is 28.0 Å². The van der Waals surface area contributed by atoms with Crippen molar-refractivity contribution < 1.29 is 4.74 Å². The highest BCUT2D eigenvalue weighted by Gasteiger charge is 2.28. The van der Waals surface area contributed by atoms with Gasteiger partial charge in [-0.2, -0.15) is 0 Å². The molecule has 0 amide bonds. The number of rotatable bonds is 6. The average molecular weight is 667 g/mol. The number of nitrogens with zero attached hydrogens (tertiary/aromatic N) is 1. The van der Waals surface area contributed by atoms with Crippen molar-refractivity contribution in [3.05, 3.63) is 200 Å². The van der Waals surface area contributed by atoms with Gasteiger partial charge in [-0.05, 0) is 86.3 Å². The lowest BCUT2D eigenvalue weighted by atomic mass is 9.95. The molecule has 1 heterocycles. The molecule has 0 saturated heterocycles. The number of benzene rings is 9. The van der Waals surface area contributed by atoms with Gasteiger partial charge < -0.3 is 15.0 Å². The standard InChI is InChI=1S/C49H34N2O/c1-3-13-36(14-4-1)49-50-47-46-32-37(26-31-44(46)43-19-9-10-20-45(43)48(47)52-49)33-22-27-39(28-23-33)51(38-16-5-2-6-17-38)40-29-24-35(25-30-40)42-21-11-15-34-12-7-8-18-41(34)42/h1-32,49-50H. The van der Waals surface area contributed by atoms with Crippen LogP contribution in [0, 0.1) is 0 Å². The zero-order valence-electron chi connectivity index (χ0n) is 28.4. The van der Waals surface area contributed by atoms with Gasteiger partial charge in [0.15, 0.2) is 12.0 Å². The summed E-state index contributed by atoms with van der Waals surface area (Å²) >= 11 is 0. The van der Waals surface area contributed by atoms with Crippen molar-refractivity contribution in [1.29, 1.82) is 0 Å². The van der Waals surface area contributed by atoms with Gasteiger partial charge in [-0.15, -0.1) is 0 Å². The highest BCUT2D eigenvalue weighted by Crippen LogP contribution is 2.49. The summed E-state index contributed by atoms with van der Waals surface area (Å²) in [7, 11) is 0. The fraction of sp³-hybridized carbons (Fsp3) is 0.0204. The number of para-hydroxylation sites is 1. The molecule has 1 aliphatic rings. The van der Waals surface area contributed by atoms with Crippen LogP contribution in [-0.4, -0.2) is 0 Å². The molecule has 0 aliphatic carbocycles. The first kappa shape index (κ1) is 30.0. The highest BCUT2D eigenvalue weighted by atomic mass is 16.5. The second-order valence-electron chi connectivity index (χ2n) is 13.4. The van der Waals surface area contributed by atoms with Crippen LogP contribution < -0.4 is 15.0 Å². The second kappa shape index (κ2) is 12.5. The highest BCUT2D eigenvalue weighted by molar-refractivity contribution is 6.18. The largest absolute Gasteiger partial charge is 0.464 e. The minimum atomic E-state index is -0.238. The first-order valence-corrected chi connectivity index (χ1v) is 17.8. The molecule has 9 aromatic rings. The first-order chi connectivity index (χ1) is 25.8. The van der Waals surface area contributed by atoms with Crippen molar-refractivity contribution >= 4 is 55.1 Å². The van der Waals surface area contributed by atoms with E-state index < -0.39 is 0 Å². The SMILES string of the molecule is c1ccc(C2Nc3c(c4ccccc4c4ccc(-c5ccc(N(c6ccccc6)c6ccc(-c7cccc8ccccc78)cc6)cc5)cc34)O2)cc1. The molecule has 1 aliphatic heterocycles. The maximum absolute atomic E-state index is 6.62. The lowest BCUT2D eigenvalue weighted by molar-refractivity contribution is 0.262. The van der Waals surface area contributed by atoms with E-state index in [0.717, 1.165) is 56.0 Å². The van der Waals surface area contributed by atoms with Crippen LogP contribution in [0.25, 0.3) is 54.6 Å². The lowest BCUT2D eigenvalue weighted by Crippen LogP contribution is -2.09. The molecule has 0 fully saturated rings. The number of nitrogens with one attached hydrogen (secondary N) is 1. The summed E-state index contributed by atoms with van der Waals surface area (Å²) < 4.78 is 6.62. The van der Waals surface area contributed by atoms with Gasteiger partial charge in [0, 0.05) is 33.4 Å². The van der Waals surface area contributed by atoms with Gasteiger partial charge in [0.05, 0.1) is 5.69 Å². The van der Waals surface area contributed by atoms with E-state index in [0.29, 0.717) is 0 Å². The number of hydrogen-bond acceptors (Lipinski definition) is 3. The molecular weight excluding hydrogens is 633 g/mol. The quantitative estimate of drug-likeness (QED) is 0.179. The lowest BCUT2D eigenvalue weighted by Gasteiger charge is -2.26. The molecule has 0 spiro atoms. The Morgan fingerprint density at radius 1 is 0.404 bits per heavy atom.